The molecule has 1 unspecified atom stereocenters. The van der Waals surface area contributed by atoms with Crippen LogP contribution < -0.4 is 5.32 Å². The molecule has 0 aliphatic rings. The molecular formula is C16H29NS2. The zero-order valence-electron chi connectivity index (χ0n) is 13.1. The molecule has 0 saturated heterocycles. The molecule has 0 fully saturated rings. The first kappa shape index (κ1) is 17.1. The van der Waals surface area contributed by atoms with Gasteiger partial charge in [-0.1, -0.05) is 41.0 Å². The molecule has 0 aliphatic heterocycles. The van der Waals surface area contributed by atoms with Crippen LogP contribution in [-0.4, -0.2) is 17.0 Å². The van der Waals surface area contributed by atoms with E-state index in [1.54, 1.807) is 4.88 Å². The van der Waals surface area contributed by atoms with Crippen LogP contribution in [0.5, 0.6) is 0 Å². The Hall–Kier alpha value is 0.01000. The van der Waals surface area contributed by atoms with Gasteiger partial charge in [-0.3, -0.25) is 0 Å². The maximum atomic E-state index is 3.55. The Labute approximate surface area is 127 Å². The fourth-order valence-electron chi connectivity index (χ4n) is 1.97. The smallest absolute Gasteiger partial charge is 0.0300 e. The summed E-state index contributed by atoms with van der Waals surface area (Å²) in [6.07, 6.45) is 2.58. The van der Waals surface area contributed by atoms with Gasteiger partial charge >= 0.3 is 0 Å². The molecule has 0 aromatic carbocycles. The van der Waals surface area contributed by atoms with Crippen molar-refractivity contribution in [1.82, 2.24) is 5.32 Å². The molecule has 1 N–H and O–H groups in total. The summed E-state index contributed by atoms with van der Waals surface area (Å²) in [4.78, 5) is 3.02. The van der Waals surface area contributed by atoms with E-state index in [1.165, 1.54) is 23.5 Å². The van der Waals surface area contributed by atoms with Crippen molar-refractivity contribution in [2.45, 2.75) is 64.7 Å². The highest BCUT2D eigenvalue weighted by atomic mass is 32.2. The summed E-state index contributed by atoms with van der Waals surface area (Å²) in [6.45, 7) is 13.6. The van der Waals surface area contributed by atoms with Gasteiger partial charge in [0.05, 0.1) is 0 Å². The van der Waals surface area contributed by atoms with Crippen molar-refractivity contribution >= 4 is 23.1 Å². The van der Waals surface area contributed by atoms with Crippen LogP contribution in [0.3, 0.4) is 0 Å². The average molecular weight is 300 g/mol. The summed E-state index contributed by atoms with van der Waals surface area (Å²) >= 11 is 4.00. The standard InChI is InChI=1S/C16H29NS2/c1-6-7-13(2)15-9-8-14(19-15)12-17-10-11-18-16(3,4)5/h8-9,13,17H,6-7,10-12H2,1-5H3. The molecule has 0 aliphatic carbocycles. The molecule has 1 aromatic rings. The van der Waals surface area contributed by atoms with E-state index in [0.29, 0.717) is 4.75 Å². The van der Waals surface area contributed by atoms with Gasteiger partial charge in [0.25, 0.3) is 0 Å². The van der Waals surface area contributed by atoms with Gasteiger partial charge in [0.1, 0.15) is 0 Å². The molecule has 1 aromatic heterocycles. The van der Waals surface area contributed by atoms with Crippen molar-refractivity contribution < 1.29 is 0 Å². The van der Waals surface area contributed by atoms with Gasteiger partial charge in [0.15, 0.2) is 0 Å². The topological polar surface area (TPSA) is 12.0 Å². The number of rotatable bonds is 8. The zero-order valence-corrected chi connectivity index (χ0v) is 14.7. The average Bonchev–Trinajstić information content (AvgIpc) is 2.76. The van der Waals surface area contributed by atoms with E-state index in [0.717, 1.165) is 19.0 Å². The number of hydrogen-bond donors (Lipinski definition) is 1. The Morgan fingerprint density at radius 2 is 2.05 bits per heavy atom. The van der Waals surface area contributed by atoms with Crippen LogP contribution in [0.15, 0.2) is 12.1 Å². The van der Waals surface area contributed by atoms with Gasteiger partial charge < -0.3 is 5.32 Å². The first-order valence-electron chi connectivity index (χ1n) is 7.35. The largest absolute Gasteiger partial charge is 0.311 e. The second-order valence-electron chi connectivity index (χ2n) is 6.13. The van der Waals surface area contributed by atoms with Crippen LogP contribution in [0.25, 0.3) is 0 Å². The highest BCUT2D eigenvalue weighted by Crippen LogP contribution is 2.28. The van der Waals surface area contributed by atoms with Gasteiger partial charge in [0.2, 0.25) is 0 Å². The Balaban J connectivity index is 2.23. The molecule has 0 bridgehead atoms. The van der Waals surface area contributed by atoms with E-state index in [4.69, 9.17) is 0 Å². The molecule has 19 heavy (non-hydrogen) atoms. The molecular weight excluding hydrogens is 270 g/mol. The van der Waals surface area contributed by atoms with Crippen LogP contribution >= 0.6 is 23.1 Å². The maximum absolute atomic E-state index is 3.55. The zero-order chi connectivity index (χ0) is 14.3. The van der Waals surface area contributed by atoms with Gasteiger partial charge in [-0.05, 0) is 24.5 Å². The summed E-state index contributed by atoms with van der Waals surface area (Å²) in [5, 5.41) is 3.55. The quantitative estimate of drug-likeness (QED) is 0.656. The lowest BCUT2D eigenvalue weighted by atomic mass is 10.1. The molecule has 0 saturated carbocycles. The lowest BCUT2D eigenvalue weighted by molar-refractivity contribution is 0.675. The van der Waals surface area contributed by atoms with Crippen LogP contribution in [0.2, 0.25) is 0 Å². The Morgan fingerprint density at radius 1 is 1.32 bits per heavy atom. The van der Waals surface area contributed by atoms with E-state index in [-0.39, 0.29) is 0 Å². The highest BCUT2D eigenvalue weighted by Gasteiger charge is 2.10. The van der Waals surface area contributed by atoms with Crippen molar-refractivity contribution in [3.05, 3.63) is 21.9 Å². The third kappa shape index (κ3) is 7.38. The number of thioether (sulfide) groups is 1. The maximum Gasteiger partial charge on any atom is 0.0300 e. The second-order valence-corrected chi connectivity index (χ2v) is 9.25. The highest BCUT2D eigenvalue weighted by molar-refractivity contribution is 8.00. The molecule has 3 heteroatoms. The lowest BCUT2D eigenvalue weighted by Gasteiger charge is -2.17. The lowest BCUT2D eigenvalue weighted by Crippen LogP contribution is -2.19. The number of hydrogen-bond acceptors (Lipinski definition) is 3. The molecule has 0 amide bonds. The third-order valence-corrected chi connectivity index (χ3v) is 5.59. The summed E-state index contributed by atoms with van der Waals surface area (Å²) in [5.41, 5.74) is 0. The van der Waals surface area contributed by atoms with Crippen LogP contribution in [-0.2, 0) is 6.54 Å². The van der Waals surface area contributed by atoms with Crippen molar-refractivity contribution in [2.24, 2.45) is 0 Å². The first-order valence-corrected chi connectivity index (χ1v) is 9.16. The van der Waals surface area contributed by atoms with Crippen molar-refractivity contribution in [3.63, 3.8) is 0 Å². The monoisotopic (exact) mass is 299 g/mol. The predicted octanol–water partition coefficient (Wildman–Crippen LogP) is 5.27. The number of nitrogens with one attached hydrogen (secondary N) is 1. The van der Waals surface area contributed by atoms with Crippen molar-refractivity contribution in [2.75, 3.05) is 12.3 Å². The van der Waals surface area contributed by atoms with E-state index < -0.39 is 0 Å². The van der Waals surface area contributed by atoms with Crippen molar-refractivity contribution in [1.29, 1.82) is 0 Å². The molecule has 1 rings (SSSR count). The summed E-state index contributed by atoms with van der Waals surface area (Å²) in [5.74, 6) is 1.91. The summed E-state index contributed by atoms with van der Waals surface area (Å²) in [6, 6.07) is 4.60. The molecule has 0 radical (unpaired) electrons. The second kappa shape index (κ2) is 8.33. The van der Waals surface area contributed by atoms with Crippen LogP contribution in [0.4, 0.5) is 0 Å². The van der Waals surface area contributed by atoms with Crippen LogP contribution in [0, 0.1) is 0 Å². The van der Waals surface area contributed by atoms with Crippen LogP contribution in [0.1, 0.15) is 63.1 Å². The van der Waals surface area contributed by atoms with Gasteiger partial charge in [0, 0.05) is 33.3 Å². The van der Waals surface area contributed by atoms with Crippen molar-refractivity contribution in [3.8, 4) is 0 Å². The third-order valence-electron chi connectivity index (χ3n) is 3.00. The minimum atomic E-state index is 0.382. The molecule has 1 atom stereocenters. The van der Waals surface area contributed by atoms with E-state index in [1.807, 2.05) is 23.1 Å². The first-order chi connectivity index (χ1) is 8.92. The van der Waals surface area contributed by atoms with Gasteiger partial charge in [-0.15, -0.1) is 11.3 Å². The minimum Gasteiger partial charge on any atom is -0.311 e. The predicted molar refractivity (Wildman–Crippen MR) is 91.6 cm³/mol. The Morgan fingerprint density at radius 3 is 2.68 bits per heavy atom. The van der Waals surface area contributed by atoms with E-state index in [2.05, 4.69) is 52.1 Å². The molecule has 110 valence electrons. The fourth-order valence-corrected chi connectivity index (χ4v) is 3.90. The molecule has 0 spiro atoms. The number of thiophene rings is 1. The summed E-state index contributed by atoms with van der Waals surface area (Å²) < 4.78 is 0.382. The van der Waals surface area contributed by atoms with Gasteiger partial charge in [-0.2, -0.15) is 11.8 Å². The summed E-state index contributed by atoms with van der Waals surface area (Å²) in [7, 11) is 0. The Kier molecular flexibility index (Phi) is 7.48. The molecule has 1 heterocycles. The van der Waals surface area contributed by atoms with E-state index >= 15 is 0 Å². The normalized spacial score (nSPS) is 13.7. The fraction of sp³-hybridized carbons (Fsp3) is 0.750. The van der Waals surface area contributed by atoms with E-state index in [9.17, 15) is 0 Å². The Bertz CT molecular complexity index is 352. The molecule has 1 nitrogen and oxygen atoms in total. The SMILES string of the molecule is CCCC(C)c1ccc(CNCCSC(C)(C)C)s1. The minimum absolute atomic E-state index is 0.382. The van der Waals surface area contributed by atoms with Gasteiger partial charge in [-0.25, -0.2) is 0 Å².